The summed E-state index contributed by atoms with van der Waals surface area (Å²) < 4.78 is 0. The third-order valence-corrected chi connectivity index (χ3v) is 2.89. The maximum absolute atomic E-state index is 11.9. The SMILES string of the molecule is N#C/C(=C/Nc1cccc(O)c1)C(=O)NCc1ccccc1. The third kappa shape index (κ3) is 4.39. The Morgan fingerprint density at radius 1 is 1.18 bits per heavy atom. The Morgan fingerprint density at radius 2 is 1.95 bits per heavy atom. The van der Waals surface area contributed by atoms with Gasteiger partial charge in [0.05, 0.1) is 0 Å². The number of carbonyl (C=O) groups excluding carboxylic acids is 1. The van der Waals surface area contributed by atoms with Crippen molar-refractivity contribution in [3.8, 4) is 11.8 Å². The molecular formula is C17H15N3O2. The van der Waals surface area contributed by atoms with Gasteiger partial charge >= 0.3 is 0 Å². The van der Waals surface area contributed by atoms with Crippen molar-refractivity contribution in [2.45, 2.75) is 6.54 Å². The van der Waals surface area contributed by atoms with Crippen LogP contribution in [0.1, 0.15) is 5.56 Å². The Kier molecular flexibility index (Phi) is 5.16. The van der Waals surface area contributed by atoms with E-state index in [1.807, 2.05) is 36.4 Å². The molecule has 0 atom stereocenters. The molecule has 2 rings (SSSR count). The number of aromatic hydroxyl groups is 1. The van der Waals surface area contributed by atoms with Gasteiger partial charge in [0.2, 0.25) is 0 Å². The number of nitriles is 1. The molecule has 0 aliphatic heterocycles. The summed E-state index contributed by atoms with van der Waals surface area (Å²) in [6.45, 7) is 0.352. The van der Waals surface area contributed by atoms with E-state index >= 15 is 0 Å². The van der Waals surface area contributed by atoms with Crippen LogP contribution in [0.2, 0.25) is 0 Å². The fourth-order valence-electron chi connectivity index (χ4n) is 1.77. The van der Waals surface area contributed by atoms with Crippen molar-refractivity contribution in [1.82, 2.24) is 5.32 Å². The summed E-state index contributed by atoms with van der Waals surface area (Å²) in [7, 11) is 0. The average molecular weight is 293 g/mol. The van der Waals surface area contributed by atoms with Gasteiger partial charge in [0.25, 0.3) is 5.91 Å². The molecule has 0 aliphatic rings. The summed E-state index contributed by atoms with van der Waals surface area (Å²) in [5, 5.41) is 23.9. The minimum atomic E-state index is -0.459. The minimum absolute atomic E-state index is 0.0423. The minimum Gasteiger partial charge on any atom is -0.508 e. The largest absolute Gasteiger partial charge is 0.508 e. The zero-order valence-corrected chi connectivity index (χ0v) is 11.8. The highest BCUT2D eigenvalue weighted by molar-refractivity contribution is 5.97. The van der Waals surface area contributed by atoms with Gasteiger partial charge in [0.1, 0.15) is 17.4 Å². The van der Waals surface area contributed by atoms with Crippen LogP contribution >= 0.6 is 0 Å². The lowest BCUT2D eigenvalue weighted by molar-refractivity contribution is -0.117. The van der Waals surface area contributed by atoms with Crippen molar-refractivity contribution in [3.05, 3.63) is 71.9 Å². The predicted octanol–water partition coefficient (Wildman–Crippen LogP) is 2.53. The lowest BCUT2D eigenvalue weighted by atomic mass is 10.2. The van der Waals surface area contributed by atoms with Gasteiger partial charge in [-0.05, 0) is 17.7 Å². The highest BCUT2D eigenvalue weighted by atomic mass is 16.3. The van der Waals surface area contributed by atoms with Crippen LogP contribution in [0.15, 0.2) is 66.4 Å². The number of carbonyl (C=O) groups is 1. The van der Waals surface area contributed by atoms with Gasteiger partial charge in [0, 0.05) is 24.5 Å². The number of anilines is 1. The molecule has 5 heteroatoms. The lowest BCUT2D eigenvalue weighted by Gasteiger charge is -2.05. The molecule has 1 amide bonds. The van der Waals surface area contributed by atoms with E-state index in [1.165, 1.54) is 18.3 Å². The van der Waals surface area contributed by atoms with Crippen molar-refractivity contribution in [2.75, 3.05) is 5.32 Å². The van der Waals surface area contributed by atoms with Crippen LogP contribution in [-0.2, 0) is 11.3 Å². The maximum atomic E-state index is 11.9. The first-order chi connectivity index (χ1) is 10.7. The van der Waals surface area contributed by atoms with E-state index in [4.69, 9.17) is 5.26 Å². The number of amides is 1. The Bertz CT molecular complexity index is 718. The van der Waals surface area contributed by atoms with Crippen molar-refractivity contribution in [3.63, 3.8) is 0 Å². The molecule has 0 saturated carbocycles. The van der Waals surface area contributed by atoms with Crippen LogP contribution < -0.4 is 10.6 Å². The molecule has 0 spiro atoms. The zero-order valence-electron chi connectivity index (χ0n) is 11.8. The number of phenols is 1. The fraction of sp³-hybridized carbons (Fsp3) is 0.0588. The summed E-state index contributed by atoms with van der Waals surface area (Å²) >= 11 is 0. The summed E-state index contributed by atoms with van der Waals surface area (Å²) in [5.41, 5.74) is 1.50. The first-order valence-corrected chi connectivity index (χ1v) is 6.67. The van der Waals surface area contributed by atoms with Crippen LogP contribution in [0, 0.1) is 11.3 Å². The molecule has 0 fully saturated rings. The first kappa shape index (κ1) is 15.1. The molecule has 2 aromatic rings. The standard InChI is InChI=1S/C17H15N3O2/c18-10-14(12-19-15-7-4-8-16(21)9-15)17(22)20-11-13-5-2-1-3-6-13/h1-9,12,19,21H,11H2,(H,20,22)/b14-12-. The quantitative estimate of drug-likeness (QED) is 0.584. The molecule has 5 nitrogen and oxygen atoms in total. The monoisotopic (exact) mass is 293 g/mol. The molecule has 0 heterocycles. The molecule has 3 N–H and O–H groups in total. The number of nitrogens with one attached hydrogen (secondary N) is 2. The normalized spacial score (nSPS) is 10.6. The number of nitrogens with zero attached hydrogens (tertiary/aromatic N) is 1. The van der Waals surface area contributed by atoms with Crippen molar-refractivity contribution < 1.29 is 9.90 Å². The smallest absolute Gasteiger partial charge is 0.263 e. The summed E-state index contributed by atoms with van der Waals surface area (Å²) in [4.78, 5) is 11.9. The first-order valence-electron chi connectivity index (χ1n) is 6.67. The van der Waals surface area contributed by atoms with Crippen LogP contribution in [-0.4, -0.2) is 11.0 Å². The predicted molar refractivity (Wildman–Crippen MR) is 83.7 cm³/mol. The molecule has 0 unspecified atom stereocenters. The molecule has 2 aromatic carbocycles. The highest BCUT2D eigenvalue weighted by Gasteiger charge is 2.08. The van der Waals surface area contributed by atoms with Crippen LogP contribution in [0.25, 0.3) is 0 Å². The molecule has 0 aromatic heterocycles. The van der Waals surface area contributed by atoms with Crippen LogP contribution in [0.5, 0.6) is 5.75 Å². The van der Waals surface area contributed by atoms with Gasteiger partial charge in [-0.15, -0.1) is 0 Å². The van der Waals surface area contributed by atoms with Crippen molar-refractivity contribution in [1.29, 1.82) is 5.26 Å². The van der Waals surface area contributed by atoms with Gasteiger partial charge < -0.3 is 15.7 Å². The topological polar surface area (TPSA) is 85.2 Å². The zero-order chi connectivity index (χ0) is 15.8. The van der Waals surface area contributed by atoms with E-state index in [1.54, 1.807) is 12.1 Å². The number of rotatable bonds is 5. The molecule has 0 radical (unpaired) electrons. The summed E-state index contributed by atoms with van der Waals surface area (Å²) in [6, 6.07) is 17.7. The summed E-state index contributed by atoms with van der Waals surface area (Å²) in [5.74, 6) is -0.357. The van der Waals surface area contributed by atoms with Crippen molar-refractivity contribution in [2.24, 2.45) is 0 Å². The fourth-order valence-corrected chi connectivity index (χ4v) is 1.77. The Hall–Kier alpha value is -3.26. The van der Waals surface area contributed by atoms with Crippen LogP contribution in [0.4, 0.5) is 5.69 Å². The second-order valence-electron chi connectivity index (χ2n) is 4.53. The van der Waals surface area contributed by atoms with Crippen LogP contribution in [0.3, 0.4) is 0 Å². The Balaban J connectivity index is 1.97. The third-order valence-electron chi connectivity index (χ3n) is 2.89. The van der Waals surface area contributed by atoms with Gasteiger partial charge in [-0.25, -0.2) is 0 Å². The number of phenolic OH excluding ortho intramolecular Hbond substituents is 1. The molecule has 0 bridgehead atoms. The Morgan fingerprint density at radius 3 is 2.64 bits per heavy atom. The van der Waals surface area contributed by atoms with E-state index in [0.717, 1.165) is 5.56 Å². The van der Waals surface area contributed by atoms with Gasteiger partial charge in [-0.3, -0.25) is 4.79 Å². The van der Waals surface area contributed by atoms with E-state index in [-0.39, 0.29) is 11.3 Å². The average Bonchev–Trinajstić information content (AvgIpc) is 2.54. The second-order valence-corrected chi connectivity index (χ2v) is 4.53. The number of hydrogen-bond acceptors (Lipinski definition) is 4. The van der Waals surface area contributed by atoms with Gasteiger partial charge in [-0.1, -0.05) is 36.4 Å². The molecule has 22 heavy (non-hydrogen) atoms. The second kappa shape index (κ2) is 7.50. The van der Waals surface area contributed by atoms with E-state index in [2.05, 4.69) is 10.6 Å². The number of benzene rings is 2. The molecule has 0 saturated heterocycles. The van der Waals surface area contributed by atoms with E-state index in [0.29, 0.717) is 12.2 Å². The number of hydrogen-bond donors (Lipinski definition) is 3. The van der Waals surface area contributed by atoms with Gasteiger partial charge in [0.15, 0.2) is 0 Å². The van der Waals surface area contributed by atoms with Gasteiger partial charge in [-0.2, -0.15) is 5.26 Å². The molecule has 0 aliphatic carbocycles. The highest BCUT2D eigenvalue weighted by Crippen LogP contribution is 2.15. The Labute approximate surface area is 128 Å². The van der Waals surface area contributed by atoms with Crippen molar-refractivity contribution >= 4 is 11.6 Å². The van der Waals surface area contributed by atoms with E-state index < -0.39 is 5.91 Å². The maximum Gasteiger partial charge on any atom is 0.263 e. The lowest BCUT2D eigenvalue weighted by Crippen LogP contribution is -2.24. The summed E-state index contributed by atoms with van der Waals surface area (Å²) in [6.07, 6.45) is 1.31. The van der Waals surface area contributed by atoms with E-state index in [9.17, 15) is 9.90 Å². The molecular weight excluding hydrogens is 278 g/mol. The molecule has 110 valence electrons.